The molecule has 4 heteroatoms. The molecule has 1 spiro atoms. The molecule has 0 fully saturated rings. The lowest BCUT2D eigenvalue weighted by atomic mass is 9.67. The molecule has 1 aliphatic carbocycles. The molecular weight excluding hydrogens is 795 g/mol. The fourth-order valence-corrected chi connectivity index (χ4v) is 11.5. The monoisotopic (exact) mass is 831 g/mol. The lowest BCUT2D eigenvalue weighted by Gasteiger charge is -2.40. The molecule has 11 aromatic rings. The number of rotatable bonds is 5. The Bertz CT molecular complexity index is 3530. The van der Waals surface area contributed by atoms with Crippen LogP contribution in [0.3, 0.4) is 0 Å². The van der Waals surface area contributed by atoms with Crippen LogP contribution >= 0.6 is 11.8 Å². The highest BCUT2D eigenvalue weighted by molar-refractivity contribution is 7.99. The Labute approximate surface area is 375 Å². The average Bonchev–Trinajstić information content (AvgIpc) is 3.66. The fourth-order valence-electron chi connectivity index (χ4n) is 10.3. The maximum absolute atomic E-state index is 5.50. The van der Waals surface area contributed by atoms with Crippen LogP contribution in [-0.2, 0) is 5.41 Å². The summed E-state index contributed by atoms with van der Waals surface area (Å²) in [5.41, 5.74) is 17.6. The minimum Gasteiger partial charge on any atom is -0.247 e. The summed E-state index contributed by atoms with van der Waals surface area (Å²) < 4.78 is 0. The summed E-state index contributed by atoms with van der Waals surface area (Å²) in [7, 11) is 0. The number of hydrogen-bond acceptors (Lipinski definition) is 4. The Morgan fingerprint density at radius 1 is 0.312 bits per heavy atom. The molecule has 3 nitrogen and oxygen atoms in total. The molecule has 298 valence electrons. The SMILES string of the molecule is c1ccc(-c2cc(-c3ccc(-c4cccc(-c5nc6ccccc6c6cc7c(cc56)C5(c6ccccc6S7)c6ccccc6-c6ccccc65)c4)cc3)nc(-c3ccccc3)n2)cc1. The predicted molar refractivity (Wildman–Crippen MR) is 263 cm³/mol. The molecule has 0 atom stereocenters. The summed E-state index contributed by atoms with van der Waals surface area (Å²) in [6, 6.07) is 80.9. The molecule has 2 aromatic heterocycles. The van der Waals surface area contributed by atoms with Crippen molar-refractivity contribution in [1.29, 1.82) is 0 Å². The standard InChI is InChI=1S/C60H37N3S/c1-3-16-39(17-4-1)54-37-55(63-59(62-54)41-18-5-2-6-19-41)40-32-30-38(31-33-40)42-20-15-21-43(34-42)58-48-35-52-57(36-47(48)46-24-9-13-28-53(46)61-58)64-56-29-14-12-27-51(56)60(52)49-25-10-7-22-44(49)45-23-8-11-26-50(45)60/h1-37H. The summed E-state index contributed by atoms with van der Waals surface area (Å²) in [6.45, 7) is 0. The molecule has 9 aromatic carbocycles. The molecule has 0 unspecified atom stereocenters. The molecule has 2 aliphatic rings. The summed E-state index contributed by atoms with van der Waals surface area (Å²) in [5.74, 6) is 0.709. The second kappa shape index (κ2) is 14.6. The quantitative estimate of drug-likeness (QED) is 0.162. The van der Waals surface area contributed by atoms with E-state index in [9.17, 15) is 0 Å². The third-order valence-corrected chi connectivity index (χ3v) is 14.3. The molecular formula is C60H37N3S. The van der Waals surface area contributed by atoms with E-state index in [1.54, 1.807) is 0 Å². The van der Waals surface area contributed by atoms with Gasteiger partial charge in [-0.05, 0) is 86.3 Å². The largest absolute Gasteiger partial charge is 0.247 e. The van der Waals surface area contributed by atoms with Crippen LogP contribution in [0.2, 0.25) is 0 Å². The van der Waals surface area contributed by atoms with E-state index in [0.29, 0.717) is 5.82 Å². The highest BCUT2D eigenvalue weighted by atomic mass is 32.2. The van der Waals surface area contributed by atoms with Gasteiger partial charge < -0.3 is 0 Å². The molecule has 0 N–H and O–H groups in total. The van der Waals surface area contributed by atoms with Crippen LogP contribution in [0.25, 0.3) is 89.1 Å². The van der Waals surface area contributed by atoms with E-state index in [-0.39, 0.29) is 0 Å². The maximum Gasteiger partial charge on any atom is 0.160 e. The maximum atomic E-state index is 5.50. The van der Waals surface area contributed by atoms with E-state index < -0.39 is 5.41 Å². The normalized spacial score (nSPS) is 13.1. The molecule has 0 amide bonds. The molecule has 64 heavy (non-hydrogen) atoms. The van der Waals surface area contributed by atoms with Crippen LogP contribution < -0.4 is 0 Å². The summed E-state index contributed by atoms with van der Waals surface area (Å²) in [4.78, 5) is 18.2. The Hall–Kier alpha value is -7.92. The number of pyridine rings is 1. The van der Waals surface area contributed by atoms with Gasteiger partial charge in [0.05, 0.1) is 28.0 Å². The summed E-state index contributed by atoms with van der Waals surface area (Å²) in [6.07, 6.45) is 0. The fraction of sp³-hybridized carbons (Fsp3) is 0.0167. The molecule has 1 aliphatic heterocycles. The molecule has 0 saturated carbocycles. The van der Waals surface area contributed by atoms with Gasteiger partial charge in [-0.15, -0.1) is 0 Å². The van der Waals surface area contributed by atoms with Crippen molar-refractivity contribution >= 4 is 33.4 Å². The number of nitrogens with zero attached hydrogens (tertiary/aromatic N) is 3. The first kappa shape index (κ1) is 36.7. The van der Waals surface area contributed by atoms with Gasteiger partial charge in [0.25, 0.3) is 0 Å². The van der Waals surface area contributed by atoms with Crippen LogP contribution in [0.1, 0.15) is 22.3 Å². The lowest BCUT2D eigenvalue weighted by Crippen LogP contribution is -2.32. The van der Waals surface area contributed by atoms with Crippen molar-refractivity contribution < 1.29 is 0 Å². The third kappa shape index (κ3) is 5.66. The van der Waals surface area contributed by atoms with Gasteiger partial charge in [-0.1, -0.05) is 200 Å². The lowest BCUT2D eigenvalue weighted by molar-refractivity contribution is 0.724. The van der Waals surface area contributed by atoms with Crippen LogP contribution in [0, 0.1) is 0 Å². The zero-order valence-electron chi connectivity index (χ0n) is 34.6. The minimum atomic E-state index is -0.474. The van der Waals surface area contributed by atoms with Gasteiger partial charge in [0, 0.05) is 42.8 Å². The van der Waals surface area contributed by atoms with Crippen LogP contribution in [-0.4, -0.2) is 15.0 Å². The highest BCUT2D eigenvalue weighted by Crippen LogP contribution is 2.62. The van der Waals surface area contributed by atoms with Crippen molar-refractivity contribution in [1.82, 2.24) is 15.0 Å². The van der Waals surface area contributed by atoms with Gasteiger partial charge >= 0.3 is 0 Å². The van der Waals surface area contributed by atoms with E-state index in [4.69, 9.17) is 15.0 Å². The van der Waals surface area contributed by atoms with Gasteiger partial charge in [-0.3, -0.25) is 0 Å². The average molecular weight is 832 g/mol. The van der Waals surface area contributed by atoms with Gasteiger partial charge in [-0.25, -0.2) is 15.0 Å². The van der Waals surface area contributed by atoms with E-state index in [2.05, 4.69) is 200 Å². The highest BCUT2D eigenvalue weighted by Gasteiger charge is 2.50. The Morgan fingerprint density at radius 2 is 0.875 bits per heavy atom. The first-order valence-electron chi connectivity index (χ1n) is 21.8. The number of para-hydroxylation sites is 1. The van der Waals surface area contributed by atoms with Crippen LogP contribution in [0.5, 0.6) is 0 Å². The number of benzene rings is 9. The zero-order chi connectivity index (χ0) is 42.2. The third-order valence-electron chi connectivity index (χ3n) is 13.1. The van der Waals surface area contributed by atoms with Gasteiger partial charge in [0.1, 0.15) is 0 Å². The summed E-state index contributed by atoms with van der Waals surface area (Å²) in [5, 5.41) is 3.52. The van der Waals surface area contributed by atoms with Crippen molar-refractivity contribution in [2.75, 3.05) is 0 Å². The van der Waals surface area contributed by atoms with E-state index in [1.165, 1.54) is 48.6 Å². The second-order valence-electron chi connectivity index (χ2n) is 16.7. The van der Waals surface area contributed by atoms with Crippen molar-refractivity contribution in [3.05, 3.63) is 247 Å². The zero-order valence-corrected chi connectivity index (χ0v) is 35.4. The van der Waals surface area contributed by atoms with Gasteiger partial charge in [0.15, 0.2) is 5.82 Å². The topological polar surface area (TPSA) is 38.7 Å². The molecule has 0 saturated heterocycles. The molecule has 0 radical (unpaired) electrons. The molecule has 3 heterocycles. The number of hydrogen-bond donors (Lipinski definition) is 0. The van der Waals surface area contributed by atoms with E-state index in [0.717, 1.165) is 66.8 Å². The van der Waals surface area contributed by atoms with Crippen LogP contribution in [0.4, 0.5) is 0 Å². The smallest absolute Gasteiger partial charge is 0.160 e. The number of fused-ring (bicyclic) bond motifs is 12. The molecule has 0 bridgehead atoms. The minimum absolute atomic E-state index is 0.474. The van der Waals surface area contributed by atoms with Crippen molar-refractivity contribution in [3.63, 3.8) is 0 Å². The van der Waals surface area contributed by atoms with Crippen molar-refractivity contribution in [2.45, 2.75) is 15.2 Å². The molecule has 13 rings (SSSR count). The first-order chi connectivity index (χ1) is 31.7. The van der Waals surface area contributed by atoms with E-state index in [1.807, 2.05) is 36.0 Å². The van der Waals surface area contributed by atoms with Gasteiger partial charge in [-0.2, -0.15) is 0 Å². The van der Waals surface area contributed by atoms with Gasteiger partial charge in [0.2, 0.25) is 0 Å². The predicted octanol–water partition coefficient (Wildman–Crippen LogP) is 15.3. The first-order valence-corrected chi connectivity index (χ1v) is 22.6. The Kier molecular flexibility index (Phi) is 8.37. The van der Waals surface area contributed by atoms with Crippen molar-refractivity contribution in [2.24, 2.45) is 0 Å². The Balaban J connectivity index is 0.964. The Morgan fingerprint density at radius 3 is 1.61 bits per heavy atom. The number of aromatic nitrogens is 3. The second-order valence-corrected chi connectivity index (χ2v) is 17.7. The summed E-state index contributed by atoms with van der Waals surface area (Å²) >= 11 is 1.89. The van der Waals surface area contributed by atoms with E-state index >= 15 is 0 Å². The van der Waals surface area contributed by atoms with Crippen LogP contribution in [0.15, 0.2) is 234 Å². The van der Waals surface area contributed by atoms with Crippen molar-refractivity contribution in [3.8, 4) is 67.4 Å².